The molecule has 0 aliphatic heterocycles. The lowest BCUT2D eigenvalue weighted by molar-refractivity contribution is 0.0923. The highest BCUT2D eigenvalue weighted by Crippen LogP contribution is 2.27. The first-order valence-electron chi connectivity index (χ1n) is 8.91. The number of carbonyl (C=O) groups excluding carboxylic acids is 1. The van der Waals surface area contributed by atoms with Gasteiger partial charge in [-0.25, -0.2) is 4.98 Å². The van der Waals surface area contributed by atoms with E-state index in [2.05, 4.69) is 15.6 Å². The molecule has 0 atom stereocenters. The molecule has 0 radical (unpaired) electrons. The Hall–Kier alpha value is -2.53. The van der Waals surface area contributed by atoms with Crippen molar-refractivity contribution in [2.75, 3.05) is 5.32 Å². The molecule has 26 heavy (non-hydrogen) atoms. The van der Waals surface area contributed by atoms with Gasteiger partial charge in [0, 0.05) is 22.8 Å². The van der Waals surface area contributed by atoms with Gasteiger partial charge in [0.1, 0.15) is 17.1 Å². The number of furan rings is 1. The molecule has 1 aliphatic carbocycles. The van der Waals surface area contributed by atoms with Crippen LogP contribution in [-0.4, -0.2) is 16.9 Å². The van der Waals surface area contributed by atoms with Gasteiger partial charge in [-0.3, -0.25) is 4.79 Å². The number of pyridine rings is 1. The van der Waals surface area contributed by atoms with Crippen LogP contribution in [0.3, 0.4) is 0 Å². The van der Waals surface area contributed by atoms with Gasteiger partial charge in [-0.1, -0.05) is 30.9 Å². The van der Waals surface area contributed by atoms with Gasteiger partial charge in [0.25, 0.3) is 5.91 Å². The lowest BCUT2D eigenvalue weighted by Crippen LogP contribution is -2.36. The van der Waals surface area contributed by atoms with Crippen molar-refractivity contribution in [1.82, 2.24) is 10.3 Å². The van der Waals surface area contributed by atoms with Gasteiger partial charge in [0.15, 0.2) is 0 Å². The third kappa shape index (κ3) is 3.68. The van der Waals surface area contributed by atoms with E-state index in [9.17, 15) is 4.79 Å². The number of anilines is 2. The number of nitrogens with zero attached hydrogens (tertiary/aromatic N) is 1. The zero-order valence-electron chi connectivity index (χ0n) is 14.3. The normalized spacial score (nSPS) is 15.1. The van der Waals surface area contributed by atoms with Crippen LogP contribution in [0.15, 0.2) is 47.1 Å². The van der Waals surface area contributed by atoms with E-state index >= 15 is 0 Å². The van der Waals surface area contributed by atoms with Gasteiger partial charge in [0.2, 0.25) is 0 Å². The van der Waals surface area contributed by atoms with Crippen molar-refractivity contribution in [3.63, 3.8) is 0 Å². The third-order valence-electron chi connectivity index (χ3n) is 4.73. The third-order valence-corrected chi connectivity index (χ3v) is 4.98. The number of carbonyl (C=O) groups is 1. The van der Waals surface area contributed by atoms with Crippen LogP contribution in [0, 0.1) is 0 Å². The Morgan fingerprint density at radius 2 is 1.88 bits per heavy atom. The van der Waals surface area contributed by atoms with Crippen molar-refractivity contribution < 1.29 is 9.21 Å². The number of hydrogen-bond acceptors (Lipinski definition) is 4. The number of aromatic nitrogens is 1. The molecule has 6 heteroatoms. The average molecular weight is 370 g/mol. The van der Waals surface area contributed by atoms with Gasteiger partial charge >= 0.3 is 0 Å². The summed E-state index contributed by atoms with van der Waals surface area (Å²) >= 11 is 5.94. The van der Waals surface area contributed by atoms with Crippen LogP contribution in [0.5, 0.6) is 0 Å². The number of nitrogens with one attached hydrogen (secondary N) is 2. The number of halogens is 1. The van der Waals surface area contributed by atoms with E-state index in [-0.39, 0.29) is 11.9 Å². The quantitative estimate of drug-likeness (QED) is 0.655. The molecule has 3 aromatic rings. The van der Waals surface area contributed by atoms with E-state index in [1.54, 1.807) is 24.5 Å². The zero-order valence-corrected chi connectivity index (χ0v) is 15.1. The van der Waals surface area contributed by atoms with E-state index < -0.39 is 0 Å². The number of amides is 1. The first-order chi connectivity index (χ1) is 12.7. The van der Waals surface area contributed by atoms with Gasteiger partial charge in [-0.15, -0.1) is 0 Å². The molecule has 0 saturated heterocycles. The van der Waals surface area contributed by atoms with Crippen molar-refractivity contribution in [2.24, 2.45) is 0 Å². The van der Waals surface area contributed by atoms with Crippen LogP contribution in [-0.2, 0) is 0 Å². The number of hydrogen-bond donors (Lipinski definition) is 2. The summed E-state index contributed by atoms with van der Waals surface area (Å²) in [5, 5.41) is 7.84. The Morgan fingerprint density at radius 3 is 2.65 bits per heavy atom. The zero-order chi connectivity index (χ0) is 17.9. The molecule has 1 saturated carbocycles. The minimum Gasteiger partial charge on any atom is -0.464 e. The average Bonchev–Trinajstić information content (AvgIpc) is 3.13. The lowest BCUT2D eigenvalue weighted by Gasteiger charge is -2.22. The number of benzene rings is 1. The van der Waals surface area contributed by atoms with Crippen LogP contribution in [0.2, 0.25) is 5.02 Å². The van der Waals surface area contributed by atoms with Crippen LogP contribution < -0.4 is 10.6 Å². The molecule has 4 rings (SSSR count). The monoisotopic (exact) mass is 369 g/mol. The summed E-state index contributed by atoms with van der Waals surface area (Å²) in [5.74, 6) is 0.432. The van der Waals surface area contributed by atoms with Crippen molar-refractivity contribution >= 4 is 40.0 Å². The van der Waals surface area contributed by atoms with Crippen LogP contribution in [0.25, 0.3) is 11.0 Å². The molecule has 0 unspecified atom stereocenters. The largest absolute Gasteiger partial charge is 0.464 e. The van der Waals surface area contributed by atoms with E-state index in [0.29, 0.717) is 22.1 Å². The van der Waals surface area contributed by atoms with Gasteiger partial charge in [-0.2, -0.15) is 0 Å². The molecule has 0 spiro atoms. The molecule has 2 heterocycles. The Bertz CT molecular complexity index is 914. The second kappa shape index (κ2) is 7.38. The smallest absolute Gasteiger partial charge is 0.270 e. The molecule has 1 aliphatic rings. The van der Waals surface area contributed by atoms with Gasteiger partial charge in [0.05, 0.1) is 11.6 Å². The topological polar surface area (TPSA) is 67.2 Å². The Morgan fingerprint density at radius 1 is 1.12 bits per heavy atom. The van der Waals surface area contributed by atoms with Crippen molar-refractivity contribution in [1.29, 1.82) is 0 Å². The fourth-order valence-electron chi connectivity index (χ4n) is 3.35. The summed E-state index contributed by atoms with van der Waals surface area (Å²) in [6.45, 7) is 0. The van der Waals surface area contributed by atoms with Crippen molar-refractivity contribution in [3.8, 4) is 0 Å². The molecule has 5 nitrogen and oxygen atoms in total. The summed E-state index contributed by atoms with van der Waals surface area (Å²) in [4.78, 5) is 17.2. The molecule has 1 aromatic carbocycles. The maximum Gasteiger partial charge on any atom is 0.270 e. The molecular formula is C20H20ClN3O2. The predicted molar refractivity (Wildman–Crippen MR) is 103 cm³/mol. The molecule has 2 N–H and O–H groups in total. The fourth-order valence-corrected chi connectivity index (χ4v) is 3.48. The molecule has 1 fully saturated rings. The summed E-state index contributed by atoms with van der Waals surface area (Å²) in [5.41, 5.74) is 1.83. The van der Waals surface area contributed by atoms with Crippen molar-refractivity contribution in [3.05, 3.63) is 53.4 Å². The Balaban J connectivity index is 1.61. The van der Waals surface area contributed by atoms with E-state index in [1.165, 1.54) is 19.3 Å². The minimum atomic E-state index is -0.158. The van der Waals surface area contributed by atoms with Gasteiger partial charge < -0.3 is 15.1 Å². The highest BCUT2D eigenvalue weighted by molar-refractivity contribution is 6.30. The highest BCUT2D eigenvalue weighted by Gasteiger charge is 2.19. The summed E-state index contributed by atoms with van der Waals surface area (Å²) in [6, 6.07) is 11.1. The Labute approximate surface area is 156 Å². The second-order valence-corrected chi connectivity index (χ2v) is 7.07. The van der Waals surface area contributed by atoms with E-state index in [4.69, 9.17) is 16.0 Å². The van der Waals surface area contributed by atoms with Crippen LogP contribution in [0.4, 0.5) is 11.5 Å². The summed E-state index contributed by atoms with van der Waals surface area (Å²) in [7, 11) is 0. The number of fused-ring (bicyclic) bond motifs is 1. The summed E-state index contributed by atoms with van der Waals surface area (Å²) in [6.07, 6.45) is 7.24. The molecule has 0 bridgehead atoms. The second-order valence-electron chi connectivity index (χ2n) is 6.63. The highest BCUT2D eigenvalue weighted by atomic mass is 35.5. The maximum atomic E-state index is 12.7. The van der Waals surface area contributed by atoms with Crippen LogP contribution in [0.1, 0.15) is 42.6 Å². The van der Waals surface area contributed by atoms with Crippen molar-refractivity contribution in [2.45, 2.75) is 38.1 Å². The molecular weight excluding hydrogens is 350 g/mol. The fraction of sp³-hybridized carbons (Fsp3) is 0.300. The predicted octanol–water partition coefficient (Wildman–Crippen LogP) is 5.29. The molecule has 134 valence electrons. The number of rotatable bonds is 4. The molecule has 1 amide bonds. The first kappa shape index (κ1) is 16.9. The first-order valence-corrected chi connectivity index (χ1v) is 9.28. The van der Waals surface area contributed by atoms with E-state index in [0.717, 1.165) is 23.9 Å². The lowest BCUT2D eigenvalue weighted by atomic mass is 9.95. The standard InChI is InChI=1S/C20H20ClN3O2/c21-13-6-8-15(9-7-13)22-19-16-10-11-26-18(16)12-17(24-19)20(25)23-14-4-2-1-3-5-14/h6-12,14H,1-5H2,(H,22,24)(H,23,25). The van der Waals surface area contributed by atoms with E-state index in [1.807, 2.05) is 18.2 Å². The molecule has 2 aromatic heterocycles. The summed E-state index contributed by atoms with van der Waals surface area (Å²) < 4.78 is 5.52. The SMILES string of the molecule is O=C(NC1CCCCC1)c1cc2occc2c(Nc2ccc(Cl)cc2)n1. The van der Waals surface area contributed by atoms with Crippen LogP contribution >= 0.6 is 11.6 Å². The minimum absolute atomic E-state index is 0.158. The maximum absolute atomic E-state index is 12.7. The Kier molecular flexibility index (Phi) is 4.80. The van der Waals surface area contributed by atoms with Gasteiger partial charge in [-0.05, 0) is 43.2 Å².